The molecule has 0 amide bonds. The minimum atomic E-state index is -0.291. The van der Waals surface area contributed by atoms with E-state index >= 15 is 0 Å². The van der Waals surface area contributed by atoms with Gasteiger partial charge in [0.05, 0.1) is 11.9 Å². The van der Waals surface area contributed by atoms with Crippen LogP contribution >= 0.6 is 0 Å². The lowest BCUT2D eigenvalue weighted by molar-refractivity contribution is 0.456. The average Bonchev–Trinajstić information content (AvgIpc) is 2.90. The molecule has 0 saturated heterocycles. The number of para-hydroxylation sites is 1. The van der Waals surface area contributed by atoms with Crippen LogP contribution in [-0.2, 0) is 0 Å². The Bertz CT molecular complexity index is 912. The molecule has 1 N–H and O–H groups in total. The number of aromatic nitrogens is 2. The molecule has 1 aliphatic rings. The second kappa shape index (κ2) is 2.95. The van der Waals surface area contributed by atoms with Gasteiger partial charge in [-0.15, -0.1) is 0 Å². The summed E-state index contributed by atoms with van der Waals surface area (Å²) in [6.07, 6.45) is 1.10. The van der Waals surface area contributed by atoms with E-state index in [1.165, 1.54) is 4.40 Å². The summed E-state index contributed by atoms with van der Waals surface area (Å²) in [7, 11) is 0. The Labute approximate surface area is 101 Å². The Morgan fingerprint density at radius 1 is 1.17 bits per heavy atom. The van der Waals surface area contributed by atoms with Gasteiger partial charge >= 0.3 is 0 Å². The van der Waals surface area contributed by atoms with Gasteiger partial charge in [-0.25, -0.2) is 9.98 Å². The third kappa shape index (κ3) is 0.982. The topological polar surface area (TPSA) is 67.0 Å². The molecule has 5 nitrogen and oxygen atoms in total. The molecule has 0 radical (unpaired) electrons. The SMILES string of the molecule is O=c1cnc(O)c2cc3c(n12)=Nc1ccccc1-3. The highest BCUT2D eigenvalue weighted by molar-refractivity contribution is 5.82. The summed E-state index contributed by atoms with van der Waals surface area (Å²) < 4.78 is 1.39. The summed E-state index contributed by atoms with van der Waals surface area (Å²) in [6.45, 7) is 0. The van der Waals surface area contributed by atoms with Crippen molar-refractivity contribution in [1.29, 1.82) is 0 Å². The monoisotopic (exact) mass is 237 g/mol. The highest BCUT2D eigenvalue weighted by atomic mass is 16.3. The van der Waals surface area contributed by atoms with Crippen molar-refractivity contribution in [2.75, 3.05) is 0 Å². The Balaban J connectivity index is 2.27. The van der Waals surface area contributed by atoms with E-state index in [2.05, 4.69) is 9.98 Å². The summed E-state index contributed by atoms with van der Waals surface area (Å²) in [4.78, 5) is 19.9. The third-order valence-corrected chi connectivity index (χ3v) is 3.14. The van der Waals surface area contributed by atoms with E-state index in [1.807, 2.05) is 24.3 Å². The fourth-order valence-corrected chi connectivity index (χ4v) is 2.35. The van der Waals surface area contributed by atoms with Crippen molar-refractivity contribution in [3.05, 3.63) is 52.4 Å². The average molecular weight is 237 g/mol. The number of rotatable bonds is 0. The second-order valence-corrected chi connectivity index (χ2v) is 4.15. The maximum Gasteiger partial charge on any atom is 0.275 e. The van der Waals surface area contributed by atoms with Crippen LogP contribution in [0, 0.1) is 0 Å². The van der Waals surface area contributed by atoms with E-state index in [1.54, 1.807) is 6.07 Å². The van der Waals surface area contributed by atoms with Crippen molar-refractivity contribution < 1.29 is 5.11 Å². The largest absolute Gasteiger partial charge is 0.492 e. The summed E-state index contributed by atoms with van der Waals surface area (Å²) >= 11 is 0. The van der Waals surface area contributed by atoms with Gasteiger partial charge in [0.25, 0.3) is 5.56 Å². The van der Waals surface area contributed by atoms with Crippen molar-refractivity contribution in [3.8, 4) is 17.0 Å². The Kier molecular flexibility index (Phi) is 1.53. The quantitative estimate of drug-likeness (QED) is 0.497. The summed E-state index contributed by atoms with van der Waals surface area (Å²) in [5.41, 5.74) is 3.33. The number of aromatic hydroxyl groups is 1. The lowest BCUT2D eigenvalue weighted by atomic mass is 10.1. The molecule has 0 fully saturated rings. The first-order valence-electron chi connectivity index (χ1n) is 5.47. The molecule has 0 unspecified atom stereocenters. The van der Waals surface area contributed by atoms with Crippen LogP contribution in [0.5, 0.6) is 5.88 Å². The fraction of sp³-hybridized carbons (Fsp3) is 0. The molecule has 0 atom stereocenters. The molecule has 1 aromatic carbocycles. The normalized spacial score (nSPS) is 12.2. The minimum Gasteiger partial charge on any atom is -0.492 e. The molecule has 5 heteroatoms. The maximum absolute atomic E-state index is 11.8. The highest BCUT2D eigenvalue weighted by Gasteiger charge is 2.19. The lowest BCUT2D eigenvalue weighted by Gasteiger charge is -1.96. The number of benzene rings is 1. The van der Waals surface area contributed by atoms with Gasteiger partial charge in [0, 0.05) is 11.1 Å². The van der Waals surface area contributed by atoms with Crippen LogP contribution in [0.15, 0.2) is 46.3 Å². The lowest BCUT2D eigenvalue weighted by Crippen LogP contribution is -2.23. The van der Waals surface area contributed by atoms with Crippen molar-refractivity contribution in [2.24, 2.45) is 4.99 Å². The molecule has 3 heterocycles. The van der Waals surface area contributed by atoms with E-state index < -0.39 is 0 Å². The third-order valence-electron chi connectivity index (χ3n) is 3.14. The van der Waals surface area contributed by atoms with Crippen molar-refractivity contribution in [3.63, 3.8) is 0 Å². The van der Waals surface area contributed by atoms with Crippen LogP contribution in [0.1, 0.15) is 0 Å². The zero-order valence-electron chi connectivity index (χ0n) is 9.16. The van der Waals surface area contributed by atoms with Crippen molar-refractivity contribution >= 4 is 11.2 Å². The fourth-order valence-electron chi connectivity index (χ4n) is 2.35. The zero-order chi connectivity index (χ0) is 12.3. The van der Waals surface area contributed by atoms with Gasteiger partial charge in [0.1, 0.15) is 11.0 Å². The molecule has 4 rings (SSSR count). The predicted molar refractivity (Wildman–Crippen MR) is 65.0 cm³/mol. The van der Waals surface area contributed by atoms with Gasteiger partial charge in [-0.2, -0.15) is 0 Å². The minimum absolute atomic E-state index is 0.156. The van der Waals surface area contributed by atoms with E-state index in [-0.39, 0.29) is 11.4 Å². The van der Waals surface area contributed by atoms with Gasteiger partial charge in [0.2, 0.25) is 5.88 Å². The van der Waals surface area contributed by atoms with Gasteiger partial charge < -0.3 is 5.11 Å². The van der Waals surface area contributed by atoms with Crippen molar-refractivity contribution in [1.82, 2.24) is 9.38 Å². The van der Waals surface area contributed by atoms with Crippen LogP contribution in [0.3, 0.4) is 0 Å². The standard InChI is InChI=1S/C13H7N3O2/c17-11-6-14-13(18)10-5-8-7-3-1-2-4-9(7)15-12(8)16(10)11/h1-6,18H. The van der Waals surface area contributed by atoms with Crippen LogP contribution in [0.25, 0.3) is 16.6 Å². The first-order valence-corrected chi connectivity index (χ1v) is 5.47. The van der Waals surface area contributed by atoms with Gasteiger partial charge in [0.15, 0.2) is 0 Å². The Hall–Kier alpha value is -2.69. The van der Waals surface area contributed by atoms with Gasteiger partial charge in [-0.05, 0) is 12.1 Å². The van der Waals surface area contributed by atoms with Crippen LogP contribution in [0.2, 0.25) is 0 Å². The highest BCUT2D eigenvalue weighted by Crippen LogP contribution is 2.33. The molecule has 0 aliphatic carbocycles. The second-order valence-electron chi connectivity index (χ2n) is 4.15. The molecule has 3 aromatic rings. The number of nitrogens with zero attached hydrogens (tertiary/aromatic N) is 3. The van der Waals surface area contributed by atoms with Crippen LogP contribution in [0.4, 0.5) is 5.69 Å². The van der Waals surface area contributed by atoms with E-state index in [0.717, 1.165) is 23.0 Å². The molecule has 86 valence electrons. The molecule has 18 heavy (non-hydrogen) atoms. The van der Waals surface area contributed by atoms with Crippen molar-refractivity contribution in [2.45, 2.75) is 0 Å². The van der Waals surface area contributed by atoms with Gasteiger partial charge in [-0.1, -0.05) is 18.2 Å². The molecule has 1 aliphatic heterocycles. The van der Waals surface area contributed by atoms with Crippen LogP contribution in [-0.4, -0.2) is 14.5 Å². The van der Waals surface area contributed by atoms with E-state index in [4.69, 9.17) is 0 Å². The predicted octanol–water partition coefficient (Wildman–Crippen LogP) is 1.05. The summed E-state index contributed by atoms with van der Waals surface area (Å²) in [5.74, 6) is -0.156. The first kappa shape index (κ1) is 9.35. The number of hydrogen-bond acceptors (Lipinski definition) is 4. The number of hydrogen-bond donors (Lipinski definition) is 1. The van der Waals surface area contributed by atoms with Gasteiger partial charge in [-0.3, -0.25) is 9.20 Å². The Morgan fingerprint density at radius 3 is 2.89 bits per heavy atom. The smallest absolute Gasteiger partial charge is 0.275 e. The first-order chi connectivity index (χ1) is 8.75. The Morgan fingerprint density at radius 2 is 2.00 bits per heavy atom. The van der Waals surface area contributed by atoms with Crippen LogP contribution < -0.4 is 11.0 Å². The maximum atomic E-state index is 11.8. The van der Waals surface area contributed by atoms with E-state index in [9.17, 15) is 9.90 Å². The molecule has 0 spiro atoms. The summed E-state index contributed by atoms with van der Waals surface area (Å²) in [6, 6.07) is 9.40. The molecule has 2 aromatic heterocycles. The zero-order valence-corrected chi connectivity index (χ0v) is 9.16. The summed E-state index contributed by atoms with van der Waals surface area (Å²) in [5, 5.41) is 9.69. The molecular weight excluding hydrogens is 230 g/mol. The van der Waals surface area contributed by atoms with E-state index in [0.29, 0.717) is 11.0 Å². The molecule has 0 saturated carbocycles. The number of fused-ring (bicyclic) bond motifs is 5. The molecule has 0 bridgehead atoms. The molecular formula is C13H7N3O2.